The molecule has 0 heterocycles. The van der Waals surface area contributed by atoms with Crippen LogP contribution in [-0.2, 0) is 0 Å². The van der Waals surface area contributed by atoms with Crippen LogP contribution in [-0.4, -0.2) is 10.2 Å². The monoisotopic (exact) mass is 178 g/mol. The smallest absolute Gasteiger partial charge is 0.122 e. The third kappa shape index (κ3) is 2.54. The number of phenols is 2. The number of rotatable bonds is 0. The zero-order chi connectivity index (χ0) is 7.72. The van der Waals surface area contributed by atoms with E-state index in [9.17, 15) is 0 Å². The van der Waals surface area contributed by atoms with E-state index in [1.54, 1.807) is 19.9 Å². The molecule has 3 heteroatoms. The van der Waals surface area contributed by atoms with Gasteiger partial charge in [0.05, 0.1) is 0 Å². The molecule has 1 aromatic rings. The molecule has 0 bridgehead atoms. The maximum absolute atomic E-state index is 9.06. The molecule has 1 aromatic carbocycles. The molecule has 0 amide bonds. The predicted octanol–water partition coefficient (Wildman–Crippen LogP) is 1.71. The van der Waals surface area contributed by atoms with Gasteiger partial charge in [-0.3, -0.25) is 0 Å². The van der Waals surface area contributed by atoms with Crippen LogP contribution in [0.2, 0.25) is 0 Å². The quantitative estimate of drug-likeness (QED) is 0.634. The summed E-state index contributed by atoms with van der Waals surface area (Å²) in [7, 11) is 0. The van der Waals surface area contributed by atoms with Crippen LogP contribution in [0.1, 0.15) is 11.1 Å². The number of benzene rings is 1. The summed E-state index contributed by atoms with van der Waals surface area (Å²) in [5, 5.41) is 18.1. The molecule has 0 fully saturated rings. The molecular weight excluding hydrogens is 168 g/mol. The standard InChI is InChI=1S/C8H10O2.Ar/c1-5-3-6(2)8(10)4-7(5)9;/h3-4,9-10H,1-2H3;. The van der Waals surface area contributed by atoms with Gasteiger partial charge in [0.2, 0.25) is 0 Å². The molecule has 2 N–H and O–H groups in total. The summed E-state index contributed by atoms with van der Waals surface area (Å²) >= 11 is 0. The van der Waals surface area contributed by atoms with E-state index in [1.807, 2.05) is 0 Å². The van der Waals surface area contributed by atoms with Crippen LogP contribution in [0.3, 0.4) is 0 Å². The zero-order valence-corrected chi connectivity index (χ0v) is 7.11. The number of hydrogen-bond donors (Lipinski definition) is 2. The molecule has 62 valence electrons. The second-order valence-corrected chi connectivity index (χ2v) is 2.43. The Kier molecular flexibility index (Phi) is 4.22. The van der Waals surface area contributed by atoms with E-state index in [2.05, 4.69) is 0 Å². The second-order valence-electron chi connectivity index (χ2n) is 2.43. The van der Waals surface area contributed by atoms with Gasteiger partial charge in [-0.1, -0.05) is 0 Å². The maximum Gasteiger partial charge on any atom is 0.122 e. The van der Waals surface area contributed by atoms with Crippen LogP contribution in [0.5, 0.6) is 11.5 Å². The summed E-state index contributed by atoms with van der Waals surface area (Å²) < 4.78 is 0. The summed E-state index contributed by atoms with van der Waals surface area (Å²) in [5.74, 6) is 0.284. The molecule has 0 saturated carbocycles. The first-order chi connectivity index (χ1) is 4.61. The summed E-state index contributed by atoms with van der Waals surface area (Å²) in [5.41, 5.74) is 1.57. The Labute approximate surface area is 95.9 Å². The molecule has 0 atom stereocenters. The Morgan fingerprint density at radius 3 is 1.55 bits per heavy atom. The summed E-state index contributed by atoms with van der Waals surface area (Å²) in [6, 6.07) is 3.09. The Morgan fingerprint density at radius 2 is 1.27 bits per heavy atom. The van der Waals surface area contributed by atoms with E-state index < -0.39 is 0 Å². The normalized spacial score (nSPS) is 8.91. The maximum atomic E-state index is 9.06. The fourth-order valence-corrected chi connectivity index (χ4v) is 0.830. The van der Waals surface area contributed by atoms with Crippen molar-refractivity contribution in [1.82, 2.24) is 0 Å². The minimum atomic E-state index is 0. The summed E-state index contributed by atoms with van der Waals surface area (Å²) in [4.78, 5) is 0. The third-order valence-electron chi connectivity index (χ3n) is 1.51. The van der Waals surface area contributed by atoms with Gasteiger partial charge in [-0.15, -0.1) is 0 Å². The average Bonchev–Trinajstić information content (AvgIpc) is 1.84. The third-order valence-corrected chi connectivity index (χ3v) is 1.51. The van der Waals surface area contributed by atoms with Gasteiger partial charge in [0.1, 0.15) is 11.5 Å². The van der Waals surface area contributed by atoms with Gasteiger partial charge >= 0.3 is 0 Å². The van der Waals surface area contributed by atoms with E-state index in [0.717, 1.165) is 11.1 Å². The minimum Gasteiger partial charge on any atom is -0.508 e. The van der Waals surface area contributed by atoms with Crippen molar-refractivity contribution in [3.63, 3.8) is 0 Å². The van der Waals surface area contributed by atoms with E-state index in [4.69, 9.17) is 10.2 Å². The van der Waals surface area contributed by atoms with Crippen molar-refractivity contribution in [3.8, 4) is 11.5 Å². The van der Waals surface area contributed by atoms with Crippen LogP contribution in [0.4, 0.5) is 0 Å². The van der Waals surface area contributed by atoms with Crippen LogP contribution in [0.25, 0.3) is 0 Å². The van der Waals surface area contributed by atoms with Crippen molar-refractivity contribution in [2.45, 2.75) is 13.8 Å². The van der Waals surface area contributed by atoms with E-state index in [0.29, 0.717) is 0 Å². The molecule has 0 aliphatic rings. The number of aromatic hydroxyl groups is 2. The molecule has 0 saturated heterocycles. The molecule has 0 aromatic heterocycles. The van der Waals surface area contributed by atoms with Crippen molar-refractivity contribution in [1.29, 1.82) is 0 Å². The Bertz CT molecular complexity index is 208. The van der Waals surface area contributed by atoms with E-state index in [1.165, 1.54) is 6.07 Å². The van der Waals surface area contributed by atoms with Crippen LogP contribution in [0, 0.1) is 51.6 Å². The van der Waals surface area contributed by atoms with Crippen molar-refractivity contribution in [3.05, 3.63) is 23.3 Å². The van der Waals surface area contributed by atoms with Gasteiger partial charge in [0, 0.05) is 43.8 Å². The molecule has 11 heavy (non-hydrogen) atoms. The first kappa shape index (κ1) is 11.1. The van der Waals surface area contributed by atoms with Gasteiger partial charge < -0.3 is 10.2 Å². The van der Waals surface area contributed by atoms with Crippen molar-refractivity contribution >= 4 is 0 Å². The molecule has 2 nitrogen and oxygen atoms in total. The van der Waals surface area contributed by atoms with Gasteiger partial charge in [-0.25, -0.2) is 0 Å². The van der Waals surface area contributed by atoms with Gasteiger partial charge in [-0.2, -0.15) is 0 Å². The largest absolute Gasteiger partial charge is 0.508 e. The first-order valence-corrected chi connectivity index (χ1v) is 3.10. The van der Waals surface area contributed by atoms with Crippen molar-refractivity contribution in [2.24, 2.45) is 0 Å². The molecule has 0 radical (unpaired) electrons. The topological polar surface area (TPSA) is 40.5 Å². The summed E-state index contributed by atoms with van der Waals surface area (Å²) in [6.45, 7) is 3.59. The van der Waals surface area contributed by atoms with Crippen LogP contribution >= 0.6 is 0 Å². The fraction of sp³-hybridized carbons (Fsp3) is 0.250. The van der Waals surface area contributed by atoms with Gasteiger partial charge in [0.25, 0.3) is 0 Å². The first-order valence-electron chi connectivity index (χ1n) is 3.10. The number of aryl methyl sites for hydroxylation is 2. The zero-order valence-electron chi connectivity index (χ0n) is 6.40. The molecular formula is C8H10ArO2. The molecule has 0 spiro atoms. The molecule has 0 aliphatic carbocycles. The predicted molar refractivity (Wildman–Crippen MR) is 39.2 cm³/mol. The Hall–Kier alpha value is 0.0797. The molecule has 0 unspecified atom stereocenters. The minimum absolute atomic E-state index is 0. The SMILES string of the molecule is Cc1cc(C)c(O)cc1O.[Ar]. The second kappa shape index (κ2) is 4.19. The van der Waals surface area contributed by atoms with Gasteiger partial charge in [-0.05, 0) is 31.0 Å². The molecule has 1 rings (SSSR count). The van der Waals surface area contributed by atoms with Crippen molar-refractivity contribution < 1.29 is 48.0 Å². The van der Waals surface area contributed by atoms with Gasteiger partial charge in [0.15, 0.2) is 0 Å². The number of hydrogen-bond acceptors (Lipinski definition) is 2. The van der Waals surface area contributed by atoms with Crippen LogP contribution < -0.4 is 0 Å². The van der Waals surface area contributed by atoms with Crippen molar-refractivity contribution in [2.75, 3.05) is 0 Å². The van der Waals surface area contributed by atoms with E-state index in [-0.39, 0.29) is 49.2 Å². The van der Waals surface area contributed by atoms with E-state index >= 15 is 0 Å². The van der Waals surface area contributed by atoms with Crippen LogP contribution in [0.15, 0.2) is 12.1 Å². The summed E-state index contributed by atoms with van der Waals surface area (Å²) in [6.07, 6.45) is 0. The fourth-order valence-electron chi connectivity index (χ4n) is 0.830. The average molecular weight is 178 g/mol. The Balaban J connectivity index is 0.000001000. The number of phenolic OH excluding ortho intramolecular Hbond substituents is 2. The molecule has 0 aliphatic heterocycles. The Morgan fingerprint density at radius 1 is 0.909 bits per heavy atom.